The molecule has 0 radical (unpaired) electrons. The molecule has 0 heterocycles. The zero-order valence-electron chi connectivity index (χ0n) is 13.0. The maximum Gasteiger partial charge on any atom is 0.137 e. The van der Waals surface area contributed by atoms with Crippen LogP contribution >= 0.6 is 0 Å². The van der Waals surface area contributed by atoms with Gasteiger partial charge >= 0.3 is 0 Å². The van der Waals surface area contributed by atoms with Crippen LogP contribution in [0.3, 0.4) is 0 Å². The largest absolute Gasteiger partial charge is 0.497 e. The van der Waals surface area contributed by atoms with Crippen LogP contribution in [0.15, 0.2) is 24.3 Å². The molecule has 0 saturated carbocycles. The van der Waals surface area contributed by atoms with Crippen LogP contribution in [0.25, 0.3) is 0 Å². The first-order valence-electron chi connectivity index (χ1n) is 7.91. The highest BCUT2D eigenvalue weighted by molar-refractivity contribution is 5.80. The van der Waals surface area contributed by atoms with E-state index >= 15 is 0 Å². The number of carbonyl (C=O) groups excluding carboxylic acids is 1. The normalized spacial score (nSPS) is 10.5. The first-order chi connectivity index (χ1) is 9.76. The summed E-state index contributed by atoms with van der Waals surface area (Å²) in [7, 11) is 1.65. The van der Waals surface area contributed by atoms with Gasteiger partial charge in [-0.2, -0.15) is 0 Å². The number of hydrogen-bond donors (Lipinski definition) is 0. The molecule has 0 bridgehead atoms. The molecule has 0 fully saturated rings. The Hall–Kier alpha value is -1.31. The Bertz CT molecular complexity index is 368. The minimum atomic E-state index is 0.351. The van der Waals surface area contributed by atoms with Gasteiger partial charge in [-0.05, 0) is 24.1 Å². The van der Waals surface area contributed by atoms with Crippen molar-refractivity contribution in [3.8, 4) is 5.75 Å². The summed E-state index contributed by atoms with van der Waals surface area (Å²) in [6.07, 6.45) is 10.1. The fraction of sp³-hybridized carbons (Fsp3) is 0.611. The number of unbranched alkanes of at least 4 members (excludes halogenated alkanes) is 6. The molecular weight excluding hydrogens is 248 g/mol. The van der Waals surface area contributed by atoms with E-state index in [1.165, 1.54) is 38.5 Å². The van der Waals surface area contributed by atoms with E-state index < -0.39 is 0 Å². The molecule has 0 aliphatic rings. The van der Waals surface area contributed by atoms with Crippen LogP contribution in [-0.4, -0.2) is 12.9 Å². The van der Waals surface area contributed by atoms with Crippen LogP contribution in [0.1, 0.15) is 63.9 Å². The Morgan fingerprint density at radius 3 is 2.15 bits per heavy atom. The number of hydrogen-bond acceptors (Lipinski definition) is 2. The summed E-state index contributed by atoms with van der Waals surface area (Å²) >= 11 is 0. The zero-order valence-corrected chi connectivity index (χ0v) is 13.0. The average molecular weight is 276 g/mol. The van der Waals surface area contributed by atoms with Gasteiger partial charge in [-0.25, -0.2) is 0 Å². The zero-order chi connectivity index (χ0) is 14.6. The van der Waals surface area contributed by atoms with Crippen molar-refractivity contribution in [2.24, 2.45) is 0 Å². The van der Waals surface area contributed by atoms with E-state index in [1.807, 2.05) is 24.3 Å². The lowest BCUT2D eigenvalue weighted by molar-refractivity contribution is -0.118. The van der Waals surface area contributed by atoms with E-state index in [9.17, 15) is 4.79 Å². The third-order valence-electron chi connectivity index (χ3n) is 3.62. The Morgan fingerprint density at radius 2 is 1.55 bits per heavy atom. The second-order valence-electron chi connectivity index (χ2n) is 5.43. The lowest BCUT2D eigenvalue weighted by atomic mass is 10.0. The lowest BCUT2D eigenvalue weighted by Gasteiger charge is -2.04. The Morgan fingerprint density at radius 1 is 0.950 bits per heavy atom. The van der Waals surface area contributed by atoms with Gasteiger partial charge in [0.25, 0.3) is 0 Å². The third kappa shape index (κ3) is 7.32. The van der Waals surface area contributed by atoms with E-state index in [-0.39, 0.29) is 0 Å². The van der Waals surface area contributed by atoms with Crippen LogP contribution in [0, 0.1) is 0 Å². The molecule has 0 aliphatic heterocycles. The Labute approximate surface area is 123 Å². The van der Waals surface area contributed by atoms with E-state index in [0.717, 1.165) is 24.2 Å². The third-order valence-corrected chi connectivity index (χ3v) is 3.62. The van der Waals surface area contributed by atoms with Crippen molar-refractivity contribution in [3.63, 3.8) is 0 Å². The van der Waals surface area contributed by atoms with Gasteiger partial charge in [-0.3, -0.25) is 4.79 Å². The molecule has 1 aromatic rings. The minimum Gasteiger partial charge on any atom is -0.497 e. The molecule has 0 aliphatic carbocycles. The van der Waals surface area contributed by atoms with Crippen LogP contribution < -0.4 is 4.74 Å². The molecule has 0 atom stereocenters. The van der Waals surface area contributed by atoms with Gasteiger partial charge in [0.2, 0.25) is 0 Å². The van der Waals surface area contributed by atoms with Crippen LogP contribution in [-0.2, 0) is 11.2 Å². The summed E-state index contributed by atoms with van der Waals surface area (Å²) in [6, 6.07) is 7.77. The van der Waals surface area contributed by atoms with Gasteiger partial charge in [0.1, 0.15) is 11.5 Å². The van der Waals surface area contributed by atoms with Gasteiger partial charge in [-0.15, -0.1) is 0 Å². The summed E-state index contributed by atoms with van der Waals surface area (Å²) in [6.45, 7) is 2.23. The van der Waals surface area contributed by atoms with Crippen molar-refractivity contribution in [1.82, 2.24) is 0 Å². The van der Waals surface area contributed by atoms with Crippen molar-refractivity contribution >= 4 is 5.78 Å². The predicted octanol–water partition coefficient (Wildman–Crippen LogP) is 4.95. The monoisotopic (exact) mass is 276 g/mol. The maximum absolute atomic E-state index is 11.9. The first-order valence-corrected chi connectivity index (χ1v) is 7.91. The van der Waals surface area contributed by atoms with Crippen molar-refractivity contribution in [2.75, 3.05) is 7.11 Å². The molecule has 0 saturated heterocycles. The van der Waals surface area contributed by atoms with E-state index in [2.05, 4.69) is 6.92 Å². The van der Waals surface area contributed by atoms with Gasteiger partial charge in [-0.1, -0.05) is 57.6 Å². The van der Waals surface area contributed by atoms with Crippen molar-refractivity contribution < 1.29 is 9.53 Å². The highest BCUT2D eigenvalue weighted by atomic mass is 16.5. The number of ether oxygens (including phenoxy) is 1. The topological polar surface area (TPSA) is 26.3 Å². The van der Waals surface area contributed by atoms with Crippen molar-refractivity contribution in [3.05, 3.63) is 29.8 Å². The van der Waals surface area contributed by atoms with Crippen molar-refractivity contribution in [1.29, 1.82) is 0 Å². The van der Waals surface area contributed by atoms with Gasteiger partial charge in [0.05, 0.1) is 7.11 Å². The van der Waals surface area contributed by atoms with Gasteiger partial charge in [0, 0.05) is 12.8 Å². The van der Waals surface area contributed by atoms with Crippen LogP contribution in [0.2, 0.25) is 0 Å². The molecule has 1 rings (SSSR count). The summed E-state index contributed by atoms with van der Waals surface area (Å²) < 4.78 is 5.11. The van der Waals surface area contributed by atoms with Gasteiger partial charge in [0.15, 0.2) is 0 Å². The number of rotatable bonds is 11. The Kier molecular flexibility index (Phi) is 8.77. The number of Topliss-reactive ketones (excluding diaryl/α,β-unsaturated/α-hetero) is 1. The van der Waals surface area contributed by atoms with Gasteiger partial charge < -0.3 is 4.74 Å². The molecule has 1 aromatic carbocycles. The molecule has 0 unspecified atom stereocenters. The second-order valence-corrected chi connectivity index (χ2v) is 5.43. The summed E-state index contributed by atoms with van der Waals surface area (Å²) in [4.78, 5) is 11.9. The molecule has 0 amide bonds. The summed E-state index contributed by atoms with van der Waals surface area (Å²) in [5, 5.41) is 0. The quantitative estimate of drug-likeness (QED) is 0.535. The highest BCUT2D eigenvalue weighted by Gasteiger charge is 2.04. The van der Waals surface area contributed by atoms with Crippen LogP contribution in [0.4, 0.5) is 0 Å². The molecule has 2 heteroatoms. The highest BCUT2D eigenvalue weighted by Crippen LogP contribution is 2.13. The lowest BCUT2D eigenvalue weighted by Crippen LogP contribution is -2.02. The van der Waals surface area contributed by atoms with Crippen molar-refractivity contribution in [2.45, 2.75) is 64.7 Å². The predicted molar refractivity (Wildman–Crippen MR) is 84.3 cm³/mol. The SMILES string of the molecule is CCCCCCCCCC(=O)Cc1ccc(OC)cc1. The Balaban J connectivity index is 2.10. The van der Waals surface area contributed by atoms with Crippen LogP contribution in [0.5, 0.6) is 5.75 Å². The van der Waals surface area contributed by atoms with E-state index in [0.29, 0.717) is 12.2 Å². The fourth-order valence-corrected chi connectivity index (χ4v) is 2.34. The standard InChI is InChI=1S/C18H28O2/c1-3-4-5-6-7-8-9-10-17(19)15-16-11-13-18(20-2)14-12-16/h11-14H,3-10,15H2,1-2H3. The molecule has 0 spiro atoms. The molecule has 0 N–H and O–H groups in total. The fourth-order valence-electron chi connectivity index (χ4n) is 2.34. The second kappa shape index (κ2) is 10.5. The summed E-state index contributed by atoms with van der Waals surface area (Å²) in [5.74, 6) is 1.19. The molecule has 20 heavy (non-hydrogen) atoms. The maximum atomic E-state index is 11.9. The number of ketones is 1. The number of carbonyl (C=O) groups is 1. The summed E-state index contributed by atoms with van der Waals surface area (Å²) in [5.41, 5.74) is 1.08. The minimum absolute atomic E-state index is 0.351. The average Bonchev–Trinajstić information content (AvgIpc) is 2.47. The molecular formula is C18H28O2. The molecule has 112 valence electrons. The first kappa shape index (κ1) is 16.7. The molecule has 0 aromatic heterocycles. The smallest absolute Gasteiger partial charge is 0.137 e. The number of methoxy groups -OCH3 is 1. The molecule has 2 nitrogen and oxygen atoms in total. The van der Waals surface area contributed by atoms with E-state index in [4.69, 9.17) is 4.74 Å². The van der Waals surface area contributed by atoms with E-state index in [1.54, 1.807) is 7.11 Å². The number of benzene rings is 1.